The van der Waals surface area contributed by atoms with Gasteiger partial charge in [0, 0.05) is 39.5 Å². The number of nitrogens with one attached hydrogen (secondary N) is 1. The molecule has 1 saturated heterocycles. The summed E-state index contributed by atoms with van der Waals surface area (Å²) in [6.07, 6.45) is 3.22. The smallest absolute Gasteiger partial charge is 0.255 e. The number of aromatic nitrogens is 3. The van der Waals surface area contributed by atoms with Gasteiger partial charge < -0.3 is 19.9 Å². The Labute approximate surface area is 180 Å². The van der Waals surface area contributed by atoms with Gasteiger partial charge in [0.2, 0.25) is 0 Å². The fourth-order valence-corrected chi connectivity index (χ4v) is 3.91. The summed E-state index contributed by atoms with van der Waals surface area (Å²) in [4.78, 5) is 21.7. The summed E-state index contributed by atoms with van der Waals surface area (Å²) >= 11 is 0. The van der Waals surface area contributed by atoms with E-state index in [4.69, 9.17) is 4.74 Å². The van der Waals surface area contributed by atoms with Crippen LogP contribution >= 0.6 is 0 Å². The number of nitrogens with zero attached hydrogens (tertiary/aromatic N) is 5. The number of methoxy groups -OCH3 is 1. The first-order valence-corrected chi connectivity index (χ1v) is 10.3. The maximum Gasteiger partial charge on any atom is 0.255 e. The molecule has 3 aromatic rings. The largest absolute Gasteiger partial charge is 0.382 e. The molecule has 0 bridgehead atoms. The number of rotatable bonds is 6. The highest BCUT2D eigenvalue weighted by Gasteiger charge is 2.25. The topological polar surface area (TPSA) is 75.0 Å². The summed E-state index contributed by atoms with van der Waals surface area (Å²) in [6.45, 7) is 5.42. The zero-order valence-electron chi connectivity index (χ0n) is 18.0. The second-order valence-corrected chi connectivity index (χ2v) is 7.87. The molecule has 31 heavy (non-hydrogen) atoms. The van der Waals surface area contributed by atoms with Gasteiger partial charge in [-0.1, -0.05) is 12.1 Å². The zero-order chi connectivity index (χ0) is 22.0. The van der Waals surface area contributed by atoms with E-state index in [1.165, 1.54) is 18.5 Å². The molecule has 1 aliphatic heterocycles. The molecule has 1 amide bonds. The SMILES string of the molecule is COCC(Nc1ncnn2cc(C(=O)N3CCN(C)CC3)c(C)c12)c1ccc(F)cc1. The standard InChI is InChI=1S/C22H27FN6O2/c1-15-18(22(30)28-10-8-27(2)9-11-28)12-29-20(15)21(24-14-25-29)26-19(13-31-3)16-4-6-17(23)7-5-16/h4-7,12,14,19H,8-11,13H2,1-3H3,(H,24,25,26). The summed E-state index contributed by atoms with van der Waals surface area (Å²) in [5, 5.41) is 7.69. The highest BCUT2D eigenvalue weighted by atomic mass is 19.1. The first-order chi connectivity index (χ1) is 15.0. The zero-order valence-corrected chi connectivity index (χ0v) is 18.0. The minimum absolute atomic E-state index is 0.00836. The Hall–Kier alpha value is -3.04. The summed E-state index contributed by atoms with van der Waals surface area (Å²) in [5.41, 5.74) is 3.06. The minimum atomic E-state index is -0.293. The lowest BCUT2D eigenvalue weighted by molar-refractivity contribution is 0.0663. The highest BCUT2D eigenvalue weighted by molar-refractivity contribution is 5.99. The average Bonchev–Trinajstić information content (AvgIpc) is 3.11. The normalized spacial score (nSPS) is 15.9. The number of hydrogen-bond acceptors (Lipinski definition) is 6. The van der Waals surface area contributed by atoms with Gasteiger partial charge in [-0.25, -0.2) is 13.9 Å². The van der Waals surface area contributed by atoms with Crippen molar-refractivity contribution in [3.8, 4) is 0 Å². The summed E-state index contributed by atoms with van der Waals surface area (Å²) in [6, 6.07) is 6.04. The molecule has 164 valence electrons. The second-order valence-electron chi connectivity index (χ2n) is 7.87. The van der Waals surface area contributed by atoms with Crippen LogP contribution in [-0.4, -0.2) is 77.2 Å². The van der Waals surface area contributed by atoms with Crippen molar-refractivity contribution in [1.29, 1.82) is 0 Å². The van der Waals surface area contributed by atoms with E-state index in [-0.39, 0.29) is 17.8 Å². The number of fused-ring (bicyclic) bond motifs is 1. The number of carbonyl (C=O) groups is 1. The van der Waals surface area contributed by atoms with E-state index in [0.29, 0.717) is 31.1 Å². The van der Waals surface area contributed by atoms with Crippen molar-refractivity contribution in [3.05, 3.63) is 59.3 Å². The van der Waals surface area contributed by atoms with E-state index < -0.39 is 0 Å². The Morgan fingerprint density at radius 2 is 1.94 bits per heavy atom. The highest BCUT2D eigenvalue weighted by Crippen LogP contribution is 2.27. The van der Waals surface area contributed by atoms with Crippen molar-refractivity contribution in [2.45, 2.75) is 13.0 Å². The van der Waals surface area contributed by atoms with Crippen molar-refractivity contribution < 1.29 is 13.9 Å². The van der Waals surface area contributed by atoms with E-state index in [9.17, 15) is 9.18 Å². The molecule has 1 aliphatic rings. The molecule has 8 nitrogen and oxygen atoms in total. The van der Waals surface area contributed by atoms with Gasteiger partial charge in [0.25, 0.3) is 5.91 Å². The summed E-state index contributed by atoms with van der Waals surface area (Å²) in [7, 11) is 3.67. The predicted octanol–water partition coefficient (Wildman–Crippen LogP) is 2.36. The molecule has 1 unspecified atom stereocenters. The van der Waals surface area contributed by atoms with E-state index >= 15 is 0 Å². The molecule has 0 aliphatic carbocycles. The number of ether oxygens (including phenoxy) is 1. The molecule has 2 aromatic heterocycles. The molecule has 1 fully saturated rings. The van der Waals surface area contributed by atoms with Crippen molar-refractivity contribution in [3.63, 3.8) is 0 Å². The Morgan fingerprint density at radius 1 is 1.23 bits per heavy atom. The lowest BCUT2D eigenvalue weighted by Gasteiger charge is -2.32. The van der Waals surface area contributed by atoms with E-state index in [1.54, 1.807) is 30.0 Å². The minimum Gasteiger partial charge on any atom is -0.382 e. The lowest BCUT2D eigenvalue weighted by Crippen LogP contribution is -2.47. The third-order valence-electron chi connectivity index (χ3n) is 5.76. The van der Waals surface area contributed by atoms with Gasteiger partial charge in [-0.3, -0.25) is 4.79 Å². The first kappa shape index (κ1) is 21.2. The predicted molar refractivity (Wildman–Crippen MR) is 116 cm³/mol. The molecule has 0 spiro atoms. The van der Waals surface area contributed by atoms with Crippen LogP contribution in [0.4, 0.5) is 10.2 Å². The molecular formula is C22H27FN6O2. The molecule has 3 heterocycles. The van der Waals surface area contributed by atoms with Crippen molar-refractivity contribution in [2.24, 2.45) is 0 Å². The Kier molecular flexibility index (Phi) is 6.15. The van der Waals surface area contributed by atoms with Crippen LogP contribution in [0.15, 0.2) is 36.8 Å². The van der Waals surface area contributed by atoms with Crippen LogP contribution in [0.25, 0.3) is 5.52 Å². The maximum atomic E-state index is 13.4. The van der Waals surface area contributed by atoms with Crippen molar-refractivity contribution in [1.82, 2.24) is 24.4 Å². The van der Waals surface area contributed by atoms with Gasteiger partial charge in [0.05, 0.1) is 18.2 Å². The maximum absolute atomic E-state index is 13.4. The van der Waals surface area contributed by atoms with Crippen LogP contribution < -0.4 is 5.32 Å². The van der Waals surface area contributed by atoms with Crippen LogP contribution in [0.5, 0.6) is 0 Å². The van der Waals surface area contributed by atoms with Crippen LogP contribution in [0.3, 0.4) is 0 Å². The van der Waals surface area contributed by atoms with Gasteiger partial charge in [-0.15, -0.1) is 0 Å². The van der Waals surface area contributed by atoms with Gasteiger partial charge in [-0.05, 0) is 37.2 Å². The third kappa shape index (κ3) is 4.38. The average molecular weight is 426 g/mol. The molecule has 1 atom stereocenters. The number of benzene rings is 1. The monoisotopic (exact) mass is 426 g/mol. The third-order valence-corrected chi connectivity index (χ3v) is 5.76. The van der Waals surface area contributed by atoms with Gasteiger partial charge in [0.1, 0.15) is 17.7 Å². The van der Waals surface area contributed by atoms with Crippen LogP contribution in [-0.2, 0) is 4.74 Å². The van der Waals surface area contributed by atoms with Crippen LogP contribution in [0, 0.1) is 12.7 Å². The number of carbonyl (C=O) groups excluding carboxylic acids is 1. The van der Waals surface area contributed by atoms with Gasteiger partial charge in [-0.2, -0.15) is 5.10 Å². The van der Waals surface area contributed by atoms with E-state index in [1.807, 2.05) is 11.8 Å². The van der Waals surface area contributed by atoms with Crippen molar-refractivity contribution >= 4 is 17.2 Å². The Balaban J connectivity index is 1.65. The summed E-state index contributed by atoms with van der Waals surface area (Å²) < 4.78 is 20.4. The summed E-state index contributed by atoms with van der Waals surface area (Å²) in [5.74, 6) is 0.309. The number of hydrogen-bond donors (Lipinski definition) is 1. The molecule has 1 aromatic carbocycles. The molecule has 0 saturated carbocycles. The number of piperazine rings is 1. The molecule has 4 rings (SSSR count). The quantitative estimate of drug-likeness (QED) is 0.652. The molecule has 0 radical (unpaired) electrons. The van der Waals surface area contributed by atoms with E-state index in [2.05, 4.69) is 27.3 Å². The number of amides is 1. The van der Waals surface area contributed by atoms with Crippen LogP contribution in [0.1, 0.15) is 27.5 Å². The lowest BCUT2D eigenvalue weighted by atomic mass is 10.1. The van der Waals surface area contributed by atoms with Crippen LogP contribution in [0.2, 0.25) is 0 Å². The number of halogens is 1. The Morgan fingerprint density at radius 3 is 2.61 bits per heavy atom. The van der Waals surface area contributed by atoms with Gasteiger partial charge in [0.15, 0.2) is 5.82 Å². The van der Waals surface area contributed by atoms with Crippen molar-refractivity contribution in [2.75, 3.05) is 52.3 Å². The first-order valence-electron chi connectivity index (χ1n) is 10.3. The number of likely N-dealkylation sites (N-methyl/N-ethyl adjacent to an activating group) is 1. The fraction of sp³-hybridized carbons (Fsp3) is 0.409. The molecule has 9 heteroatoms. The molecule has 1 N–H and O–H groups in total. The second kappa shape index (κ2) is 8.99. The molecular weight excluding hydrogens is 399 g/mol. The van der Waals surface area contributed by atoms with E-state index in [0.717, 1.165) is 29.7 Å². The Bertz CT molecular complexity index is 1060. The number of aryl methyl sites for hydroxylation is 1. The number of anilines is 1. The van der Waals surface area contributed by atoms with Gasteiger partial charge >= 0.3 is 0 Å². The fourth-order valence-electron chi connectivity index (χ4n) is 3.91.